The zero-order chi connectivity index (χ0) is 13.8. The summed E-state index contributed by atoms with van der Waals surface area (Å²) in [7, 11) is 0. The molecular weight excluding hydrogens is 250 g/mol. The Morgan fingerprint density at radius 1 is 1.00 bits per heavy atom. The number of hydrogen-bond acceptors (Lipinski definition) is 4. The molecule has 0 saturated carbocycles. The van der Waals surface area contributed by atoms with Crippen molar-refractivity contribution in [3.8, 4) is 5.75 Å². The van der Waals surface area contributed by atoms with Gasteiger partial charge in [0.2, 0.25) is 0 Å². The van der Waals surface area contributed by atoms with Crippen LogP contribution in [0.5, 0.6) is 5.75 Å². The Balaban J connectivity index is 1.90. The fourth-order valence-electron chi connectivity index (χ4n) is 2.07. The summed E-state index contributed by atoms with van der Waals surface area (Å²) in [5.74, 6) is 7.00. The lowest BCUT2D eigenvalue weighted by Crippen LogP contribution is -2.12. The largest absolute Gasteiger partial charge is 0.489 e. The van der Waals surface area contributed by atoms with E-state index in [1.807, 2.05) is 60.7 Å². The van der Waals surface area contributed by atoms with Crippen LogP contribution in [0.15, 0.2) is 60.7 Å². The van der Waals surface area contributed by atoms with E-state index in [-0.39, 0.29) is 0 Å². The second-order valence-electron chi connectivity index (χ2n) is 4.43. The first-order valence-electron chi connectivity index (χ1n) is 6.40. The number of rotatable bonds is 4. The molecule has 0 unspecified atom stereocenters. The highest BCUT2D eigenvalue weighted by Gasteiger charge is 2.06. The molecule has 3 aromatic rings. The average molecular weight is 265 g/mol. The maximum Gasteiger partial charge on any atom is 0.147 e. The molecule has 20 heavy (non-hydrogen) atoms. The Bertz CT molecular complexity index is 713. The molecule has 3 N–H and O–H groups in total. The molecule has 100 valence electrons. The zero-order valence-electron chi connectivity index (χ0n) is 10.9. The molecule has 0 saturated heterocycles. The van der Waals surface area contributed by atoms with Gasteiger partial charge in [-0.3, -0.25) is 0 Å². The summed E-state index contributed by atoms with van der Waals surface area (Å²) in [5, 5.41) is 1.07. The van der Waals surface area contributed by atoms with Crippen LogP contribution in [0.25, 0.3) is 10.9 Å². The van der Waals surface area contributed by atoms with E-state index in [9.17, 15) is 0 Å². The molecule has 4 nitrogen and oxygen atoms in total. The molecule has 0 spiro atoms. The minimum absolute atomic E-state index is 0.418. The highest BCUT2D eigenvalue weighted by Crippen LogP contribution is 2.21. The van der Waals surface area contributed by atoms with E-state index in [1.165, 1.54) is 0 Å². The Morgan fingerprint density at radius 3 is 2.55 bits per heavy atom. The first-order valence-corrected chi connectivity index (χ1v) is 6.40. The number of nitrogen functional groups attached to an aromatic ring is 1. The number of ether oxygens (including phenoxy) is 1. The van der Waals surface area contributed by atoms with Crippen LogP contribution in [0.2, 0.25) is 0 Å². The van der Waals surface area contributed by atoms with Gasteiger partial charge in [-0.1, -0.05) is 36.4 Å². The molecule has 0 atom stereocenters. The molecule has 0 fully saturated rings. The van der Waals surface area contributed by atoms with E-state index in [0.717, 1.165) is 22.2 Å². The van der Waals surface area contributed by atoms with Crippen LogP contribution in [0.3, 0.4) is 0 Å². The number of aromatic nitrogens is 1. The van der Waals surface area contributed by atoms with E-state index >= 15 is 0 Å². The molecule has 1 heterocycles. The van der Waals surface area contributed by atoms with Crippen LogP contribution in [-0.2, 0) is 6.61 Å². The SMILES string of the molecule is NNc1nc2ccccc2cc1COc1ccccc1. The van der Waals surface area contributed by atoms with E-state index in [0.29, 0.717) is 12.4 Å². The van der Waals surface area contributed by atoms with Crippen molar-refractivity contribution in [3.05, 3.63) is 66.2 Å². The minimum Gasteiger partial charge on any atom is -0.489 e. The smallest absolute Gasteiger partial charge is 0.147 e. The van der Waals surface area contributed by atoms with Crippen LogP contribution >= 0.6 is 0 Å². The first kappa shape index (κ1) is 12.4. The molecule has 4 heteroatoms. The third-order valence-corrected chi connectivity index (χ3v) is 3.08. The molecule has 3 rings (SSSR count). The molecule has 0 bridgehead atoms. The Kier molecular flexibility index (Phi) is 3.48. The maximum atomic E-state index is 5.75. The van der Waals surface area contributed by atoms with Crippen molar-refractivity contribution in [2.75, 3.05) is 5.43 Å². The van der Waals surface area contributed by atoms with Crippen LogP contribution in [0, 0.1) is 0 Å². The number of hydrogen-bond donors (Lipinski definition) is 2. The number of para-hydroxylation sites is 2. The van der Waals surface area contributed by atoms with Crippen molar-refractivity contribution < 1.29 is 4.74 Å². The fraction of sp³-hybridized carbons (Fsp3) is 0.0625. The molecule has 0 aliphatic carbocycles. The lowest BCUT2D eigenvalue weighted by Gasteiger charge is -2.11. The quantitative estimate of drug-likeness (QED) is 0.562. The zero-order valence-corrected chi connectivity index (χ0v) is 10.9. The van der Waals surface area contributed by atoms with Crippen molar-refractivity contribution in [1.29, 1.82) is 0 Å². The molecule has 0 aliphatic heterocycles. The average Bonchev–Trinajstić information content (AvgIpc) is 2.53. The van der Waals surface area contributed by atoms with Crippen LogP contribution in [-0.4, -0.2) is 4.98 Å². The number of nitrogens with one attached hydrogen (secondary N) is 1. The summed E-state index contributed by atoms with van der Waals surface area (Å²) >= 11 is 0. The molecule has 2 aromatic carbocycles. The number of pyridine rings is 1. The highest BCUT2D eigenvalue weighted by molar-refractivity contribution is 5.81. The van der Waals surface area contributed by atoms with Gasteiger partial charge in [-0.15, -0.1) is 0 Å². The number of benzene rings is 2. The number of hydrazine groups is 1. The van der Waals surface area contributed by atoms with E-state index < -0.39 is 0 Å². The standard InChI is InChI=1S/C16H15N3O/c17-19-16-13(11-20-14-7-2-1-3-8-14)10-12-6-4-5-9-15(12)18-16/h1-10H,11,17H2,(H,18,19). The first-order chi connectivity index (χ1) is 9.86. The Morgan fingerprint density at radius 2 is 1.75 bits per heavy atom. The third-order valence-electron chi connectivity index (χ3n) is 3.08. The maximum absolute atomic E-state index is 5.75. The van der Waals surface area contributed by atoms with E-state index in [2.05, 4.69) is 10.4 Å². The number of nitrogens with zero attached hydrogens (tertiary/aromatic N) is 1. The van der Waals surface area contributed by atoms with Gasteiger partial charge in [-0.2, -0.15) is 0 Å². The summed E-state index contributed by atoms with van der Waals surface area (Å²) in [6.45, 7) is 0.418. The topological polar surface area (TPSA) is 60.2 Å². The second kappa shape index (κ2) is 5.59. The number of anilines is 1. The summed E-state index contributed by atoms with van der Waals surface area (Å²) in [5.41, 5.74) is 4.47. The molecule has 0 amide bonds. The normalized spacial score (nSPS) is 10.4. The van der Waals surface area contributed by atoms with Gasteiger partial charge in [0.15, 0.2) is 0 Å². The van der Waals surface area contributed by atoms with Gasteiger partial charge < -0.3 is 10.2 Å². The minimum atomic E-state index is 0.418. The summed E-state index contributed by atoms with van der Waals surface area (Å²) in [6, 6.07) is 19.6. The van der Waals surface area contributed by atoms with Crippen LogP contribution in [0.4, 0.5) is 5.82 Å². The fourth-order valence-corrected chi connectivity index (χ4v) is 2.07. The molecule has 0 radical (unpaired) electrons. The predicted molar refractivity (Wildman–Crippen MR) is 80.3 cm³/mol. The number of nitrogens with two attached hydrogens (primary N) is 1. The summed E-state index contributed by atoms with van der Waals surface area (Å²) in [6.07, 6.45) is 0. The van der Waals surface area contributed by atoms with Gasteiger partial charge in [0.05, 0.1) is 5.52 Å². The van der Waals surface area contributed by atoms with Crippen LogP contribution < -0.4 is 16.0 Å². The Labute approximate surface area is 117 Å². The van der Waals surface area contributed by atoms with E-state index in [1.54, 1.807) is 0 Å². The number of fused-ring (bicyclic) bond motifs is 1. The van der Waals surface area contributed by atoms with Crippen molar-refractivity contribution in [3.63, 3.8) is 0 Å². The molecule has 0 aliphatic rings. The van der Waals surface area contributed by atoms with Crippen molar-refractivity contribution in [2.45, 2.75) is 6.61 Å². The third kappa shape index (κ3) is 2.55. The van der Waals surface area contributed by atoms with Crippen molar-refractivity contribution >= 4 is 16.7 Å². The molecular formula is C16H15N3O. The van der Waals surface area contributed by atoms with Crippen molar-refractivity contribution in [2.24, 2.45) is 5.84 Å². The van der Waals surface area contributed by atoms with Crippen LogP contribution in [0.1, 0.15) is 5.56 Å². The summed E-state index contributed by atoms with van der Waals surface area (Å²) in [4.78, 5) is 4.49. The summed E-state index contributed by atoms with van der Waals surface area (Å²) < 4.78 is 5.75. The van der Waals surface area contributed by atoms with Gasteiger partial charge in [0, 0.05) is 10.9 Å². The lowest BCUT2D eigenvalue weighted by molar-refractivity contribution is 0.306. The van der Waals surface area contributed by atoms with Gasteiger partial charge >= 0.3 is 0 Å². The van der Waals surface area contributed by atoms with Gasteiger partial charge in [0.25, 0.3) is 0 Å². The van der Waals surface area contributed by atoms with Gasteiger partial charge in [-0.25, -0.2) is 10.8 Å². The van der Waals surface area contributed by atoms with E-state index in [4.69, 9.17) is 10.6 Å². The lowest BCUT2D eigenvalue weighted by atomic mass is 10.1. The van der Waals surface area contributed by atoms with Gasteiger partial charge in [0.1, 0.15) is 18.2 Å². The monoisotopic (exact) mass is 265 g/mol. The second-order valence-corrected chi connectivity index (χ2v) is 4.43. The van der Waals surface area contributed by atoms with Gasteiger partial charge in [-0.05, 0) is 24.3 Å². The predicted octanol–water partition coefficient (Wildman–Crippen LogP) is 3.10. The Hall–Kier alpha value is -2.59. The molecule has 1 aromatic heterocycles. The highest BCUT2D eigenvalue weighted by atomic mass is 16.5. The van der Waals surface area contributed by atoms with Crippen molar-refractivity contribution in [1.82, 2.24) is 4.98 Å².